The van der Waals surface area contributed by atoms with Gasteiger partial charge in [-0.3, -0.25) is 19.4 Å². The summed E-state index contributed by atoms with van der Waals surface area (Å²) in [6.45, 7) is 3.17. The van der Waals surface area contributed by atoms with Crippen LogP contribution in [0.4, 0.5) is 14.9 Å². The highest BCUT2D eigenvalue weighted by atomic mass is 35.5. The van der Waals surface area contributed by atoms with E-state index in [2.05, 4.69) is 6.58 Å². The predicted octanol–water partition coefficient (Wildman–Crippen LogP) is 3.84. The normalized spacial score (nSPS) is 20.3. The molecule has 2 heterocycles. The van der Waals surface area contributed by atoms with Gasteiger partial charge in [0.15, 0.2) is 5.54 Å². The number of nitrogens with zero attached hydrogens (tertiary/aromatic N) is 3. The van der Waals surface area contributed by atoms with Gasteiger partial charge in [-0.05, 0) is 36.4 Å². The van der Waals surface area contributed by atoms with E-state index in [4.69, 9.17) is 23.2 Å². The van der Waals surface area contributed by atoms with Crippen LogP contribution in [0.15, 0.2) is 48.7 Å². The Balaban J connectivity index is 1.85. The van der Waals surface area contributed by atoms with Gasteiger partial charge in [-0.2, -0.15) is 0 Å². The zero-order valence-electron chi connectivity index (χ0n) is 16.2. The van der Waals surface area contributed by atoms with Crippen LogP contribution in [0.1, 0.15) is 11.1 Å². The largest absolute Gasteiger partial charge is 0.480 e. The Bertz CT molecular complexity index is 1170. The lowest BCUT2D eigenvalue weighted by Gasteiger charge is -2.30. The van der Waals surface area contributed by atoms with Crippen molar-refractivity contribution in [3.05, 3.63) is 75.7 Å². The second kappa shape index (κ2) is 7.25. The molecular weight excluding hydrogens is 448 g/mol. The Morgan fingerprint density at radius 2 is 1.77 bits per heavy atom. The smallest absolute Gasteiger partial charge is 0.325 e. The molecule has 0 unspecified atom stereocenters. The number of rotatable bonds is 4. The maximum absolute atomic E-state index is 14.3. The highest BCUT2D eigenvalue weighted by molar-refractivity contribution is 6.31. The summed E-state index contributed by atoms with van der Waals surface area (Å²) in [5, 5.41) is 9.89. The molecule has 1 N–H and O–H groups in total. The van der Waals surface area contributed by atoms with Crippen molar-refractivity contribution in [2.45, 2.75) is 12.1 Å². The molecule has 10 heteroatoms. The number of carboxylic acids is 1. The molecule has 3 amide bonds. The maximum Gasteiger partial charge on any atom is 0.325 e. The third-order valence-corrected chi connectivity index (χ3v) is 6.06. The Morgan fingerprint density at radius 1 is 1.13 bits per heavy atom. The Kier molecular flexibility index (Phi) is 4.94. The quantitative estimate of drug-likeness (QED) is 0.746. The van der Waals surface area contributed by atoms with Crippen LogP contribution >= 0.6 is 23.2 Å². The molecule has 0 aromatic heterocycles. The van der Waals surface area contributed by atoms with Gasteiger partial charge in [0.1, 0.15) is 12.4 Å². The summed E-state index contributed by atoms with van der Waals surface area (Å²) in [7, 11) is 1.41. The molecule has 31 heavy (non-hydrogen) atoms. The molecule has 1 atom stereocenters. The van der Waals surface area contributed by atoms with Gasteiger partial charge in [-0.25, -0.2) is 9.18 Å². The van der Waals surface area contributed by atoms with Crippen molar-refractivity contribution in [1.29, 1.82) is 0 Å². The van der Waals surface area contributed by atoms with Crippen LogP contribution < -0.4 is 4.90 Å². The fraction of sp³-hybridized carbons (Fsp3) is 0.190. The van der Waals surface area contributed by atoms with E-state index < -0.39 is 35.8 Å². The second-order valence-electron chi connectivity index (χ2n) is 7.27. The van der Waals surface area contributed by atoms with Crippen molar-refractivity contribution < 1.29 is 23.9 Å². The minimum atomic E-state index is -1.69. The lowest BCUT2D eigenvalue weighted by molar-refractivity contribution is -0.137. The Morgan fingerprint density at radius 3 is 2.45 bits per heavy atom. The maximum atomic E-state index is 14.3. The van der Waals surface area contributed by atoms with Gasteiger partial charge in [0, 0.05) is 28.2 Å². The van der Waals surface area contributed by atoms with E-state index in [0.29, 0.717) is 21.3 Å². The second-order valence-corrected chi connectivity index (χ2v) is 8.14. The van der Waals surface area contributed by atoms with Gasteiger partial charge in [0.2, 0.25) is 0 Å². The molecule has 1 fully saturated rings. The number of benzene rings is 2. The predicted molar refractivity (Wildman–Crippen MR) is 112 cm³/mol. The molecule has 2 aliphatic heterocycles. The number of amides is 3. The standard InChI is InChI=1S/C21H16Cl2FN3O4/c1-11-21(15-8-14(23)4-6-17(15)27(19(21)30)10-18(28)29)25(2)20(31)26(11)9-12-7-13(22)3-5-16(12)24/h3-8H,1,9-10H2,2H3,(H,28,29)/t21-/m1/s1. The number of anilines is 1. The average molecular weight is 464 g/mol. The summed E-state index contributed by atoms with van der Waals surface area (Å²) in [5.41, 5.74) is -0.830. The fourth-order valence-corrected chi connectivity index (χ4v) is 4.54. The van der Waals surface area contributed by atoms with Gasteiger partial charge in [0.05, 0.1) is 17.9 Å². The number of carbonyl (C=O) groups excluding carboxylic acids is 2. The van der Waals surface area contributed by atoms with Crippen LogP contribution in [0.5, 0.6) is 0 Å². The SMILES string of the molecule is C=C1N(Cc2cc(Cl)ccc2F)C(=O)N(C)[C@]12C(=O)N(CC(=O)O)c1ccc(Cl)cc12. The first-order valence-electron chi connectivity index (χ1n) is 9.11. The van der Waals surface area contributed by atoms with Gasteiger partial charge < -0.3 is 10.0 Å². The highest BCUT2D eigenvalue weighted by Gasteiger charge is 2.63. The number of carboxylic acid groups (broad SMARTS) is 1. The van der Waals surface area contributed by atoms with Crippen LogP contribution in [0.2, 0.25) is 10.0 Å². The summed E-state index contributed by atoms with van der Waals surface area (Å²) < 4.78 is 14.3. The third-order valence-electron chi connectivity index (χ3n) is 5.59. The van der Waals surface area contributed by atoms with Crippen molar-refractivity contribution in [3.8, 4) is 0 Å². The van der Waals surface area contributed by atoms with Crippen molar-refractivity contribution >= 4 is 46.8 Å². The van der Waals surface area contributed by atoms with E-state index in [1.807, 2.05) is 0 Å². The fourth-order valence-electron chi connectivity index (χ4n) is 4.18. The zero-order valence-corrected chi connectivity index (χ0v) is 17.7. The van der Waals surface area contributed by atoms with Crippen LogP contribution in [-0.2, 0) is 21.7 Å². The van der Waals surface area contributed by atoms with E-state index in [0.717, 1.165) is 4.90 Å². The molecule has 1 spiro atoms. The number of urea groups is 1. The van der Waals surface area contributed by atoms with Gasteiger partial charge >= 0.3 is 12.0 Å². The van der Waals surface area contributed by atoms with Gasteiger partial charge in [-0.15, -0.1) is 0 Å². The first-order chi connectivity index (χ1) is 14.6. The van der Waals surface area contributed by atoms with E-state index in [-0.39, 0.29) is 17.8 Å². The number of hydrogen-bond donors (Lipinski definition) is 1. The van der Waals surface area contributed by atoms with Crippen LogP contribution in [0.25, 0.3) is 0 Å². The molecule has 2 aliphatic rings. The molecule has 0 bridgehead atoms. The van der Waals surface area contributed by atoms with E-state index in [1.54, 1.807) is 0 Å². The summed E-state index contributed by atoms with van der Waals surface area (Å²) in [6, 6.07) is 7.93. The zero-order chi connectivity index (χ0) is 22.7. The molecule has 0 radical (unpaired) electrons. The summed E-state index contributed by atoms with van der Waals surface area (Å²) in [4.78, 5) is 41.6. The number of hydrogen-bond acceptors (Lipinski definition) is 3. The molecular formula is C21H16Cl2FN3O4. The van der Waals surface area contributed by atoms with E-state index >= 15 is 0 Å². The number of carbonyl (C=O) groups is 3. The molecule has 0 saturated carbocycles. The molecule has 4 rings (SSSR count). The van der Waals surface area contributed by atoms with E-state index in [1.165, 1.54) is 53.2 Å². The minimum Gasteiger partial charge on any atom is -0.480 e. The lowest BCUT2D eigenvalue weighted by atomic mass is 9.88. The summed E-state index contributed by atoms with van der Waals surface area (Å²) in [6.07, 6.45) is 0. The highest BCUT2D eigenvalue weighted by Crippen LogP contribution is 2.53. The van der Waals surface area contributed by atoms with Crippen LogP contribution in [-0.4, -0.2) is 46.4 Å². The molecule has 2 aromatic carbocycles. The Hall–Kier alpha value is -3.10. The van der Waals surface area contributed by atoms with Crippen LogP contribution in [0.3, 0.4) is 0 Å². The van der Waals surface area contributed by atoms with Crippen LogP contribution in [0, 0.1) is 5.82 Å². The van der Waals surface area contributed by atoms with Gasteiger partial charge in [-0.1, -0.05) is 29.8 Å². The average Bonchev–Trinajstić information content (AvgIpc) is 3.05. The Labute approximate surface area is 186 Å². The third kappa shape index (κ3) is 2.97. The summed E-state index contributed by atoms with van der Waals surface area (Å²) >= 11 is 12.1. The van der Waals surface area contributed by atoms with Crippen molar-refractivity contribution in [3.63, 3.8) is 0 Å². The number of aliphatic carboxylic acids is 1. The number of fused-ring (bicyclic) bond motifs is 2. The molecule has 7 nitrogen and oxygen atoms in total. The molecule has 0 aliphatic carbocycles. The first kappa shape index (κ1) is 21.1. The molecule has 1 saturated heterocycles. The van der Waals surface area contributed by atoms with Crippen molar-refractivity contribution in [1.82, 2.24) is 9.80 Å². The van der Waals surface area contributed by atoms with Gasteiger partial charge in [0.25, 0.3) is 5.91 Å². The monoisotopic (exact) mass is 463 g/mol. The minimum absolute atomic E-state index is 0.0702. The van der Waals surface area contributed by atoms with Crippen molar-refractivity contribution in [2.75, 3.05) is 18.5 Å². The molecule has 2 aromatic rings. The topological polar surface area (TPSA) is 81.2 Å². The summed E-state index contributed by atoms with van der Waals surface area (Å²) in [5.74, 6) is -2.44. The van der Waals surface area contributed by atoms with Crippen molar-refractivity contribution in [2.24, 2.45) is 0 Å². The van der Waals surface area contributed by atoms with E-state index in [9.17, 15) is 23.9 Å². The number of halogens is 3. The molecule has 160 valence electrons. The first-order valence-corrected chi connectivity index (χ1v) is 9.87. The lowest BCUT2D eigenvalue weighted by Crippen LogP contribution is -2.50. The number of likely N-dealkylation sites (N-methyl/N-ethyl adjacent to an activating group) is 1.